The molecule has 5 rings (SSSR count). The lowest BCUT2D eigenvalue weighted by atomic mass is 9.91. The Bertz CT molecular complexity index is 1180. The van der Waals surface area contributed by atoms with E-state index in [9.17, 15) is 4.79 Å². The second kappa shape index (κ2) is 6.91. The Morgan fingerprint density at radius 1 is 1.04 bits per heavy atom. The first-order valence-corrected chi connectivity index (χ1v) is 9.73. The summed E-state index contributed by atoms with van der Waals surface area (Å²) in [4.78, 5) is 15.1. The number of piperidine rings is 1. The Balaban J connectivity index is 1.24. The Labute approximate surface area is 161 Å². The zero-order valence-electron chi connectivity index (χ0n) is 15.8. The van der Waals surface area contributed by atoms with E-state index in [2.05, 4.69) is 21.3 Å². The first-order chi connectivity index (χ1) is 13.7. The summed E-state index contributed by atoms with van der Waals surface area (Å²) in [6.45, 7) is 5.30. The summed E-state index contributed by atoms with van der Waals surface area (Å²) in [7, 11) is 0. The van der Waals surface area contributed by atoms with Gasteiger partial charge in [0.05, 0.1) is 11.4 Å². The maximum absolute atomic E-state index is 12.6. The molecule has 7 nitrogen and oxygen atoms in total. The number of pyridine rings is 1. The van der Waals surface area contributed by atoms with Crippen LogP contribution in [0.5, 0.6) is 0 Å². The molecule has 0 radical (unpaired) electrons. The molecule has 0 N–H and O–H groups in total. The molecular formula is C21H22N4O3. The topological polar surface area (TPSA) is 77.3 Å². The van der Waals surface area contributed by atoms with Gasteiger partial charge in [0.25, 0.3) is 5.56 Å². The summed E-state index contributed by atoms with van der Waals surface area (Å²) in [5, 5.41) is 9.93. The minimum atomic E-state index is -0.0276. The third kappa shape index (κ3) is 2.92. The highest BCUT2D eigenvalue weighted by Gasteiger charge is 2.24. The molecule has 1 aliphatic heterocycles. The van der Waals surface area contributed by atoms with Crippen LogP contribution < -0.4 is 5.56 Å². The van der Waals surface area contributed by atoms with Crippen molar-refractivity contribution in [1.29, 1.82) is 0 Å². The normalized spacial score (nSPS) is 16.3. The summed E-state index contributed by atoms with van der Waals surface area (Å²) in [5.74, 6) is 0.429. The smallest absolute Gasteiger partial charge is 0.263 e. The van der Waals surface area contributed by atoms with Gasteiger partial charge in [0.2, 0.25) is 0 Å². The van der Waals surface area contributed by atoms with Crippen LogP contribution in [0.3, 0.4) is 0 Å². The molecule has 0 aliphatic carbocycles. The van der Waals surface area contributed by atoms with E-state index < -0.39 is 0 Å². The number of fused-ring (bicyclic) bond motifs is 2. The van der Waals surface area contributed by atoms with Crippen LogP contribution in [0.25, 0.3) is 21.9 Å². The van der Waals surface area contributed by atoms with Gasteiger partial charge in [-0.2, -0.15) is 0 Å². The van der Waals surface area contributed by atoms with Crippen molar-refractivity contribution in [3.05, 3.63) is 58.3 Å². The summed E-state index contributed by atoms with van der Waals surface area (Å²) >= 11 is 0. The average molecular weight is 378 g/mol. The summed E-state index contributed by atoms with van der Waals surface area (Å²) in [6, 6.07) is 9.87. The highest BCUT2D eigenvalue weighted by molar-refractivity contribution is 5.79. The number of para-hydroxylation sites is 1. The lowest BCUT2D eigenvalue weighted by Crippen LogP contribution is -2.36. The molecule has 1 fully saturated rings. The Hall–Kier alpha value is -2.93. The van der Waals surface area contributed by atoms with Crippen LogP contribution in [0.15, 0.2) is 50.4 Å². The molecule has 28 heavy (non-hydrogen) atoms. The molecule has 0 amide bonds. The van der Waals surface area contributed by atoms with E-state index in [1.54, 1.807) is 17.7 Å². The number of aromatic nitrogens is 3. The van der Waals surface area contributed by atoms with Gasteiger partial charge in [-0.25, -0.2) is 0 Å². The van der Waals surface area contributed by atoms with Gasteiger partial charge in [-0.05, 0) is 45.0 Å². The number of benzene rings is 1. The average Bonchev–Trinajstić information content (AvgIpc) is 3.32. The van der Waals surface area contributed by atoms with Crippen LogP contribution in [0, 0.1) is 6.92 Å². The largest absolute Gasteiger partial charge is 0.356 e. The van der Waals surface area contributed by atoms with E-state index in [-0.39, 0.29) is 5.56 Å². The van der Waals surface area contributed by atoms with Gasteiger partial charge in [-0.1, -0.05) is 22.4 Å². The minimum absolute atomic E-state index is 0.0276. The van der Waals surface area contributed by atoms with E-state index in [1.807, 2.05) is 24.3 Å². The maximum Gasteiger partial charge on any atom is 0.263 e. The fourth-order valence-corrected chi connectivity index (χ4v) is 4.19. The molecule has 3 aromatic heterocycles. The number of aryl methyl sites for hydroxylation is 1. The molecule has 0 bridgehead atoms. The number of hydrogen-bond acceptors (Lipinski definition) is 6. The summed E-state index contributed by atoms with van der Waals surface area (Å²) in [6.07, 6.45) is 3.90. The lowest BCUT2D eigenvalue weighted by molar-refractivity contribution is 0.202. The van der Waals surface area contributed by atoms with Crippen LogP contribution in [-0.2, 0) is 6.54 Å². The molecule has 4 heterocycles. The van der Waals surface area contributed by atoms with Crippen molar-refractivity contribution in [3.8, 4) is 0 Å². The van der Waals surface area contributed by atoms with E-state index in [0.29, 0.717) is 29.1 Å². The number of likely N-dealkylation sites (tertiary alicyclic amines) is 1. The van der Waals surface area contributed by atoms with Crippen LogP contribution in [0.1, 0.15) is 30.1 Å². The zero-order chi connectivity index (χ0) is 19.1. The maximum atomic E-state index is 12.6. The van der Waals surface area contributed by atoms with Gasteiger partial charge < -0.3 is 18.5 Å². The van der Waals surface area contributed by atoms with Gasteiger partial charge in [-0.15, -0.1) is 0 Å². The van der Waals surface area contributed by atoms with Gasteiger partial charge in [0.1, 0.15) is 5.39 Å². The predicted octanol–water partition coefficient (Wildman–Crippen LogP) is 3.32. The number of nitrogens with zero attached hydrogens (tertiary/aromatic N) is 4. The predicted molar refractivity (Wildman–Crippen MR) is 105 cm³/mol. The molecule has 4 aromatic rings. The molecule has 1 aromatic carbocycles. The quantitative estimate of drug-likeness (QED) is 0.542. The molecular weight excluding hydrogens is 356 g/mol. The lowest BCUT2D eigenvalue weighted by Gasteiger charge is -2.31. The van der Waals surface area contributed by atoms with Gasteiger partial charge in [0.15, 0.2) is 11.2 Å². The molecule has 7 heteroatoms. The second-order valence-corrected chi connectivity index (χ2v) is 7.50. The van der Waals surface area contributed by atoms with E-state index in [4.69, 9.17) is 9.05 Å². The van der Waals surface area contributed by atoms with Crippen LogP contribution in [0.4, 0.5) is 0 Å². The van der Waals surface area contributed by atoms with E-state index >= 15 is 0 Å². The SMILES string of the molecule is Cc1noc2ccn(CCN3CCC(c4noc5ccccc45)CC3)c(=O)c12. The molecule has 0 unspecified atom stereocenters. The van der Waals surface area contributed by atoms with Crippen LogP contribution in [0.2, 0.25) is 0 Å². The Morgan fingerprint density at radius 2 is 1.82 bits per heavy atom. The van der Waals surface area contributed by atoms with Crippen molar-refractivity contribution in [3.63, 3.8) is 0 Å². The Kier molecular flexibility index (Phi) is 4.24. The first-order valence-electron chi connectivity index (χ1n) is 9.73. The van der Waals surface area contributed by atoms with Gasteiger partial charge in [-0.3, -0.25) is 4.79 Å². The molecule has 1 aliphatic rings. The minimum Gasteiger partial charge on any atom is -0.356 e. The monoisotopic (exact) mass is 378 g/mol. The fourth-order valence-electron chi connectivity index (χ4n) is 4.19. The molecule has 0 spiro atoms. The molecule has 0 atom stereocenters. The highest BCUT2D eigenvalue weighted by atomic mass is 16.5. The fraction of sp³-hybridized carbons (Fsp3) is 0.381. The van der Waals surface area contributed by atoms with E-state index in [1.165, 1.54) is 0 Å². The van der Waals surface area contributed by atoms with Crippen molar-refractivity contribution < 1.29 is 9.05 Å². The molecule has 144 valence electrons. The third-order valence-electron chi connectivity index (χ3n) is 5.81. The Morgan fingerprint density at radius 3 is 2.68 bits per heavy atom. The van der Waals surface area contributed by atoms with Gasteiger partial charge >= 0.3 is 0 Å². The van der Waals surface area contributed by atoms with Crippen LogP contribution >= 0.6 is 0 Å². The van der Waals surface area contributed by atoms with Crippen LogP contribution in [-0.4, -0.2) is 39.4 Å². The summed E-state index contributed by atoms with van der Waals surface area (Å²) < 4.78 is 12.4. The zero-order valence-corrected chi connectivity index (χ0v) is 15.8. The molecule has 0 saturated carbocycles. The van der Waals surface area contributed by atoms with Crippen molar-refractivity contribution in [2.45, 2.75) is 32.2 Å². The first kappa shape index (κ1) is 17.2. The third-order valence-corrected chi connectivity index (χ3v) is 5.81. The van der Waals surface area contributed by atoms with Crippen molar-refractivity contribution in [1.82, 2.24) is 19.8 Å². The number of rotatable bonds is 4. The standard InChI is InChI=1S/C21H22N4O3/c1-14-19-18(28-22-14)8-11-25(21(19)26)13-12-24-9-6-15(7-10-24)20-16-4-2-3-5-17(16)27-23-20/h2-5,8,11,15H,6-7,9-10,12-13H2,1H3. The van der Waals surface area contributed by atoms with Crippen molar-refractivity contribution in [2.24, 2.45) is 0 Å². The van der Waals surface area contributed by atoms with E-state index in [0.717, 1.165) is 49.1 Å². The van der Waals surface area contributed by atoms with Crippen molar-refractivity contribution in [2.75, 3.05) is 19.6 Å². The highest BCUT2D eigenvalue weighted by Crippen LogP contribution is 2.32. The van der Waals surface area contributed by atoms with Gasteiger partial charge in [0, 0.05) is 36.7 Å². The second-order valence-electron chi connectivity index (χ2n) is 7.50. The van der Waals surface area contributed by atoms with Crippen molar-refractivity contribution >= 4 is 21.9 Å². The number of hydrogen-bond donors (Lipinski definition) is 0. The summed E-state index contributed by atoms with van der Waals surface area (Å²) in [5.41, 5.74) is 3.12. The molecule has 1 saturated heterocycles.